The van der Waals surface area contributed by atoms with Crippen LogP contribution in [0.2, 0.25) is 0 Å². The summed E-state index contributed by atoms with van der Waals surface area (Å²) in [6.07, 6.45) is 0.0259. The van der Waals surface area contributed by atoms with E-state index in [9.17, 15) is 9.59 Å². The van der Waals surface area contributed by atoms with E-state index in [1.54, 1.807) is 36.1 Å². The van der Waals surface area contributed by atoms with Crippen LogP contribution in [0.1, 0.15) is 18.0 Å². The summed E-state index contributed by atoms with van der Waals surface area (Å²) in [6.45, 7) is 1.89. The molecule has 2 heterocycles. The van der Waals surface area contributed by atoms with Crippen molar-refractivity contribution >= 4 is 23.3 Å². The number of aromatic nitrogens is 2. The van der Waals surface area contributed by atoms with E-state index in [1.807, 2.05) is 37.3 Å². The van der Waals surface area contributed by atoms with Crippen LogP contribution >= 0.6 is 0 Å². The lowest BCUT2D eigenvalue weighted by atomic mass is 10.1. The average molecular weight is 376 g/mol. The van der Waals surface area contributed by atoms with Crippen LogP contribution < -0.4 is 15.4 Å². The molecule has 0 radical (unpaired) electrons. The highest BCUT2D eigenvalue weighted by atomic mass is 16.5. The van der Waals surface area contributed by atoms with Crippen molar-refractivity contribution < 1.29 is 14.3 Å². The Labute approximate surface area is 162 Å². The van der Waals surface area contributed by atoms with E-state index in [0.29, 0.717) is 17.3 Å². The molecule has 2 N–H and O–H groups in total. The third-order valence-corrected chi connectivity index (χ3v) is 4.77. The summed E-state index contributed by atoms with van der Waals surface area (Å²) in [6, 6.07) is 16.1. The van der Waals surface area contributed by atoms with Crippen LogP contribution in [0.5, 0.6) is 5.75 Å². The fraction of sp³-hybridized carbons (Fsp3) is 0.190. The molecule has 2 aromatic carbocycles. The molecule has 1 aliphatic heterocycles. The van der Waals surface area contributed by atoms with Gasteiger partial charge in [-0.3, -0.25) is 9.59 Å². The molecular formula is C21H20N4O3. The Kier molecular flexibility index (Phi) is 4.57. The van der Waals surface area contributed by atoms with E-state index in [-0.39, 0.29) is 18.2 Å². The minimum Gasteiger partial charge on any atom is -0.497 e. The average Bonchev–Trinajstić information content (AvgIpc) is 3.04. The molecule has 28 heavy (non-hydrogen) atoms. The number of nitrogens with zero attached hydrogens (tertiary/aromatic N) is 2. The number of carbonyl (C=O) groups excluding carboxylic acids is 2. The minimum absolute atomic E-state index is 0.0259. The molecular weight excluding hydrogens is 356 g/mol. The van der Waals surface area contributed by atoms with Crippen LogP contribution in [0.4, 0.5) is 11.5 Å². The van der Waals surface area contributed by atoms with Gasteiger partial charge in [-0.25, -0.2) is 4.68 Å². The van der Waals surface area contributed by atoms with Crippen molar-refractivity contribution in [2.45, 2.75) is 19.4 Å². The molecule has 4 rings (SSSR count). The predicted molar refractivity (Wildman–Crippen MR) is 106 cm³/mol. The van der Waals surface area contributed by atoms with Crippen LogP contribution in [-0.4, -0.2) is 28.7 Å². The summed E-state index contributed by atoms with van der Waals surface area (Å²) in [5.74, 6) is 0.689. The Hall–Kier alpha value is -3.61. The molecule has 0 spiro atoms. The van der Waals surface area contributed by atoms with Gasteiger partial charge in [-0.05, 0) is 19.1 Å². The summed E-state index contributed by atoms with van der Waals surface area (Å²) in [4.78, 5) is 25.2. The van der Waals surface area contributed by atoms with Crippen LogP contribution in [-0.2, 0) is 9.59 Å². The van der Waals surface area contributed by atoms with Gasteiger partial charge in [0.25, 0.3) is 0 Å². The molecule has 2 amide bonds. The first-order valence-corrected chi connectivity index (χ1v) is 8.96. The number of fused-ring (bicyclic) bond motifs is 1. The van der Waals surface area contributed by atoms with Gasteiger partial charge >= 0.3 is 0 Å². The lowest BCUT2D eigenvalue weighted by Gasteiger charge is -2.24. The number of amides is 2. The van der Waals surface area contributed by atoms with E-state index >= 15 is 0 Å². The van der Waals surface area contributed by atoms with Gasteiger partial charge in [-0.1, -0.05) is 36.4 Å². The monoisotopic (exact) mass is 376 g/mol. The zero-order valence-electron chi connectivity index (χ0n) is 15.6. The predicted octanol–water partition coefficient (Wildman–Crippen LogP) is 3.39. The second-order valence-corrected chi connectivity index (χ2v) is 6.62. The number of hydrogen-bond acceptors (Lipinski definition) is 4. The third kappa shape index (κ3) is 3.22. The minimum atomic E-state index is -0.730. The van der Waals surface area contributed by atoms with Crippen molar-refractivity contribution in [3.8, 4) is 17.0 Å². The normalized spacial score (nSPS) is 15.5. The van der Waals surface area contributed by atoms with Crippen molar-refractivity contribution in [3.63, 3.8) is 0 Å². The molecule has 142 valence electrons. The Morgan fingerprint density at radius 2 is 2.00 bits per heavy atom. The maximum absolute atomic E-state index is 12.9. The van der Waals surface area contributed by atoms with Gasteiger partial charge < -0.3 is 15.4 Å². The molecule has 0 saturated heterocycles. The molecule has 1 unspecified atom stereocenters. The molecule has 0 bridgehead atoms. The van der Waals surface area contributed by atoms with Crippen LogP contribution in [0, 0.1) is 6.92 Å². The van der Waals surface area contributed by atoms with Crippen molar-refractivity contribution in [1.29, 1.82) is 0 Å². The van der Waals surface area contributed by atoms with Crippen molar-refractivity contribution in [3.05, 3.63) is 60.2 Å². The van der Waals surface area contributed by atoms with Gasteiger partial charge in [-0.2, -0.15) is 5.10 Å². The molecule has 0 aliphatic carbocycles. The largest absolute Gasteiger partial charge is 0.497 e. The highest BCUT2D eigenvalue weighted by Gasteiger charge is 2.34. The van der Waals surface area contributed by atoms with Crippen LogP contribution in [0.25, 0.3) is 11.3 Å². The molecule has 3 aromatic rings. The van der Waals surface area contributed by atoms with E-state index in [0.717, 1.165) is 16.8 Å². The molecule has 7 nitrogen and oxygen atoms in total. The molecule has 0 fully saturated rings. The first-order valence-electron chi connectivity index (χ1n) is 8.96. The zero-order valence-corrected chi connectivity index (χ0v) is 15.6. The Morgan fingerprint density at radius 1 is 1.21 bits per heavy atom. The SMILES string of the molecule is COc1cccc(NC(=O)C2CC(=O)Nc3c(C)c(-c4ccccc4)nn32)c1. The lowest BCUT2D eigenvalue weighted by Crippen LogP contribution is -2.35. The van der Waals surface area contributed by atoms with Gasteiger partial charge in [0, 0.05) is 22.9 Å². The summed E-state index contributed by atoms with van der Waals surface area (Å²) in [5, 5.41) is 10.4. The first-order chi connectivity index (χ1) is 13.6. The zero-order chi connectivity index (χ0) is 19.7. The number of ether oxygens (including phenoxy) is 1. The lowest BCUT2D eigenvalue weighted by molar-refractivity contribution is -0.125. The number of carbonyl (C=O) groups is 2. The standard InChI is InChI=1S/C21H20N4O3/c1-13-19(14-7-4-3-5-8-14)24-25-17(12-18(26)23-20(13)25)21(27)22-15-9-6-10-16(11-15)28-2/h3-11,17H,12H2,1-2H3,(H,22,27)(H,23,26). The number of hydrogen-bond donors (Lipinski definition) is 2. The van der Waals surface area contributed by atoms with Crippen LogP contribution in [0.3, 0.4) is 0 Å². The Morgan fingerprint density at radius 3 is 2.75 bits per heavy atom. The van der Waals surface area contributed by atoms with Crippen LogP contribution in [0.15, 0.2) is 54.6 Å². The molecule has 1 aromatic heterocycles. The maximum Gasteiger partial charge on any atom is 0.249 e. The third-order valence-electron chi connectivity index (χ3n) is 4.77. The molecule has 1 atom stereocenters. The first kappa shape index (κ1) is 17.8. The molecule has 7 heteroatoms. The highest BCUT2D eigenvalue weighted by molar-refractivity contribution is 6.02. The van der Waals surface area contributed by atoms with Gasteiger partial charge in [0.15, 0.2) is 0 Å². The van der Waals surface area contributed by atoms with Crippen molar-refractivity contribution in [1.82, 2.24) is 9.78 Å². The summed E-state index contributed by atoms with van der Waals surface area (Å²) in [7, 11) is 1.57. The van der Waals surface area contributed by atoms with E-state index < -0.39 is 6.04 Å². The Bertz CT molecular complexity index is 1040. The smallest absolute Gasteiger partial charge is 0.249 e. The second-order valence-electron chi connectivity index (χ2n) is 6.62. The fourth-order valence-electron chi connectivity index (χ4n) is 3.34. The van der Waals surface area contributed by atoms with Crippen molar-refractivity contribution in [2.24, 2.45) is 0 Å². The fourth-order valence-corrected chi connectivity index (χ4v) is 3.34. The van der Waals surface area contributed by atoms with E-state index in [2.05, 4.69) is 15.7 Å². The molecule has 0 saturated carbocycles. The molecule has 1 aliphatic rings. The maximum atomic E-state index is 12.9. The summed E-state index contributed by atoms with van der Waals surface area (Å²) in [5.41, 5.74) is 3.11. The number of rotatable bonds is 4. The highest BCUT2D eigenvalue weighted by Crippen LogP contribution is 2.34. The second kappa shape index (κ2) is 7.19. The number of methoxy groups -OCH3 is 1. The summed E-state index contributed by atoms with van der Waals surface area (Å²) >= 11 is 0. The number of benzene rings is 2. The van der Waals surface area contributed by atoms with Gasteiger partial charge in [0.2, 0.25) is 11.8 Å². The quantitative estimate of drug-likeness (QED) is 0.731. The van der Waals surface area contributed by atoms with Gasteiger partial charge in [0.1, 0.15) is 17.6 Å². The van der Waals surface area contributed by atoms with Gasteiger partial charge in [-0.15, -0.1) is 0 Å². The topological polar surface area (TPSA) is 85.2 Å². The van der Waals surface area contributed by atoms with Crippen molar-refractivity contribution in [2.75, 3.05) is 17.7 Å². The van der Waals surface area contributed by atoms with Gasteiger partial charge in [0.05, 0.1) is 19.2 Å². The summed E-state index contributed by atoms with van der Waals surface area (Å²) < 4.78 is 6.80. The Balaban J connectivity index is 1.68. The van der Waals surface area contributed by atoms with E-state index in [1.165, 1.54) is 0 Å². The number of nitrogens with one attached hydrogen (secondary N) is 2. The van der Waals surface area contributed by atoms with E-state index in [4.69, 9.17) is 4.74 Å². The number of anilines is 2.